The van der Waals surface area contributed by atoms with E-state index < -0.39 is 0 Å². The number of benzene rings is 1. The molecule has 3 heterocycles. The Labute approximate surface area is 187 Å². The lowest BCUT2D eigenvalue weighted by atomic mass is 10.2. The van der Waals surface area contributed by atoms with Gasteiger partial charge in [-0.2, -0.15) is 0 Å². The fraction of sp³-hybridized carbons (Fsp3) is 0.458. The third kappa shape index (κ3) is 4.21. The van der Waals surface area contributed by atoms with Crippen molar-refractivity contribution in [2.24, 2.45) is 0 Å². The predicted molar refractivity (Wildman–Crippen MR) is 121 cm³/mol. The van der Waals surface area contributed by atoms with Gasteiger partial charge in [0.05, 0.1) is 11.9 Å². The summed E-state index contributed by atoms with van der Waals surface area (Å²) in [6.45, 7) is 5.78. The molecule has 162 valence electrons. The van der Waals surface area contributed by atoms with Crippen LogP contribution >= 0.6 is 11.8 Å². The topological polar surface area (TPSA) is 61.9 Å². The highest BCUT2D eigenvalue weighted by atomic mass is 32.2. The average Bonchev–Trinajstić information content (AvgIpc) is 3.21. The van der Waals surface area contributed by atoms with E-state index in [0.717, 1.165) is 72.5 Å². The summed E-state index contributed by atoms with van der Waals surface area (Å²) in [5.41, 5.74) is 4.00. The molecule has 2 aromatic heterocycles. The van der Waals surface area contributed by atoms with E-state index in [4.69, 9.17) is 4.74 Å². The zero-order valence-corrected chi connectivity index (χ0v) is 18.9. The molecule has 1 aliphatic heterocycles. The summed E-state index contributed by atoms with van der Waals surface area (Å²) in [5, 5.41) is 9.68. The van der Waals surface area contributed by atoms with Crippen molar-refractivity contribution < 1.29 is 9.53 Å². The Bertz CT molecular complexity index is 1080. The molecule has 1 saturated heterocycles. The first-order valence-electron chi connectivity index (χ1n) is 11.1. The van der Waals surface area contributed by atoms with Gasteiger partial charge < -0.3 is 9.30 Å². The van der Waals surface area contributed by atoms with E-state index in [9.17, 15) is 4.79 Å². The van der Waals surface area contributed by atoms with Crippen molar-refractivity contribution in [2.45, 2.75) is 63.3 Å². The normalized spacial score (nSPS) is 18.6. The molecule has 1 saturated carbocycles. The Balaban J connectivity index is 1.33. The number of carbonyl (C=O) groups is 1. The largest absolute Gasteiger partial charge is 0.376 e. The minimum absolute atomic E-state index is 0.132. The van der Waals surface area contributed by atoms with Gasteiger partial charge in [0, 0.05) is 41.7 Å². The quantitative estimate of drug-likeness (QED) is 0.378. The highest BCUT2D eigenvalue weighted by Crippen LogP contribution is 2.41. The number of ether oxygens (including phenoxy) is 1. The Hall–Kier alpha value is -2.38. The van der Waals surface area contributed by atoms with Gasteiger partial charge in [0.25, 0.3) is 0 Å². The lowest BCUT2D eigenvalue weighted by molar-refractivity contribution is 0.0957. The van der Waals surface area contributed by atoms with E-state index in [-0.39, 0.29) is 11.9 Å². The third-order valence-corrected chi connectivity index (χ3v) is 7.16. The number of Topliss-reactive ketones (excluding diaryl/α,β-unsaturated/α-hetero) is 1. The Morgan fingerprint density at radius 2 is 1.97 bits per heavy atom. The second-order valence-electron chi connectivity index (χ2n) is 8.53. The van der Waals surface area contributed by atoms with Crippen molar-refractivity contribution in [3.8, 4) is 5.69 Å². The molecule has 0 radical (unpaired) electrons. The SMILES string of the molecule is Cc1cc(C(=O)CSc2nnc(C3CC3)n2-c2ccccc2)c(C)n1C[C@@H]1CCCO1. The maximum atomic E-state index is 13.1. The average molecular weight is 437 g/mol. The molecule has 0 N–H and O–H groups in total. The van der Waals surface area contributed by atoms with Crippen LogP contribution in [0.2, 0.25) is 0 Å². The molecule has 2 fully saturated rings. The van der Waals surface area contributed by atoms with Crippen LogP contribution in [0.4, 0.5) is 0 Å². The fourth-order valence-corrected chi connectivity index (χ4v) is 5.21. The predicted octanol–water partition coefficient (Wildman–Crippen LogP) is 4.72. The summed E-state index contributed by atoms with van der Waals surface area (Å²) in [4.78, 5) is 13.1. The molecule has 0 spiro atoms. The van der Waals surface area contributed by atoms with Crippen LogP contribution in [0.25, 0.3) is 5.69 Å². The number of nitrogens with zero attached hydrogens (tertiary/aromatic N) is 4. The van der Waals surface area contributed by atoms with Crippen molar-refractivity contribution in [1.82, 2.24) is 19.3 Å². The van der Waals surface area contributed by atoms with E-state index in [1.54, 1.807) is 0 Å². The van der Waals surface area contributed by atoms with Crippen LogP contribution in [0.1, 0.15) is 59.2 Å². The van der Waals surface area contributed by atoms with Crippen LogP contribution in [0, 0.1) is 13.8 Å². The molecule has 31 heavy (non-hydrogen) atoms. The highest BCUT2D eigenvalue weighted by molar-refractivity contribution is 7.99. The summed E-state index contributed by atoms with van der Waals surface area (Å²) in [6.07, 6.45) is 4.79. The van der Waals surface area contributed by atoms with Gasteiger partial charge in [0.1, 0.15) is 5.82 Å². The fourth-order valence-electron chi connectivity index (χ4n) is 4.36. The minimum Gasteiger partial charge on any atom is -0.376 e. The zero-order valence-electron chi connectivity index (χ0n) is 18.1. The van der Waals surface area contributed by atoms with E-state index in [1.807, 2.05) is 31.2 Å². The summed E-state index contributed by atoms with van der Waals surface area (Å²) in [7, 11) is 0. The van der Waals surface area contributed by atoms with Gasteiger partial charge in [0.2, 0.25) is 0 Å². The van der Waals surface area contributed by atoms with Crippen molar-refractivity contribution in [3.63, 3.8) is 0 Å². The number of carbonyl (C=O) groups excluding carboxylic acids is 1. The Kier molecular flexibility index (Phi) is 5.71. The van der Waals surface area contributed by atoms with E-state index in [0.29, 0.717) is 11.7 Å². The van der Waals surface area contributed by atoms with Crippen LogP contribution in [0.15, 0.2) is 41.6 Å². The van der Waals surface area contributed by atoms with E-state index >= 15 is 0 Å². The number of hydrogen-bond acceptors (Lipinski definition) is 5. The molecule has 5 rings (SSSR count). The van der Waals surface area contributed by atoms with Gasteiger partial charge in [-0.25, -0.2) is 0 Å². The van der Waals surface area contributed by atoms with Gasteiger partial charge >= 0.3 is 0 Å². The number of aromatic nitrogens is 4. The minimum atomic E-state index is 0.132. The lowest BCUT2D eigenvalue weighted by Crippen LogP contribution is -2.17. The van der Waals surface area contributed by atoms with Crippen molar-refractivity contribution in [1.29, 1.82) is 0 Å². The monoisotopic (exact) mass is 436 g/mol. The first-order chi connectivity index (χ1) is 15.1. The van der Waals surface area contributed by atoms with Gasteiger partial charge in [0.15, 0.2) is 10.9 Å². The number of thioether (sulfide) groups is 1. The molecule has 1 aromatic carbocycles. The molecule has 0 unspecified atom stereocenters. The summed E-state index contributed by atoms with van der Waals surface area (Å²) < 4.78 is 10.1. The Morgan fingerprint density at radius 1 is 1.16 bits per heavy atom. The van der Waals surface area contributed by atoms with Crippen LogP contribution in [-0.2, 0) is 11.3 Å². The van der Waals surface area contributed by atoms with Crippen LogP contribution in [0.5, 0.6) is 0 Å². The molecular weight excluding hydrogens is 408 g/mol. The van der Waals surface area contributed by atoms with Crippen molar-refractivity contribution in [3.05, 3.63) is 59.2 Å². The number of aryl methyl sites for hydroxylation is 1. The molecule has 6 nitrogen and oxygen atoms in total. The molecule has 0 bridgehead atoms. The van der Waals surface area contributed by atoms with Crippen LogP contribution in [0.3, 0.4) is 0 Å². The summed E-state index contributed by atoms with van der Waals surface area (Å²) in [5.74, 6) is 1.97. The van der Waals surface area contributed by atoms with E-state index in [1.165, 1.54) is 11.8 Å². The first-order valence-corrected chi connectivity index (χ1v) is 12.1. The molecule has 1 aliphatic carbocycles. The highest BCUT2D eigenvalue weighted by Gasteiger charge is 2.31. The number of para-hydroxylation sites is 1. The smallest absolute Gasteiger partial charge is 0.196 e. The third-order valence-electron chi connectivity index (χ3n) is 6.23. The lowest BCUT2D eigenvalue weighted by Gasteiger charge is -2.14. The zero-order chi connectivity index (χ0) is 21.4. The maximum Gasteiger partial charge on any atom is 0.196 e. The molecule has 2 aliphatic rings. The van der Waals surface area contributed by atoms with Gasteiger partial charge in [-0.3, -0.25) is 9.36 Å². The second-order valence-corrected chi connectivity index (χ2v) is 9.47. The number of hydrogen-bond donors (Lipinski definition) is 0. The summed E-state index contributed by atoms with van der Waals surface area (Å²) >= 11 is 1.47. The molecule has 3 aromatic rings. The van der Waals surface area contributed by atoms with Crippen LogP contribution < -0.4 is 0 Å². The van der Waals surface area contributed by atoms with Gasteiger partial charge in [-0.15, -0.1) is 10.2 Å². The van der Waals surface area contributed by atoms with Gasteiger partial charge in [-0.05, 0) is 57.7 Å². The molecule has 7 heteroatoms. The number of rotatable bonds is 8. The first kappa shape index (κ1) is 20.5. The van der Waals surface area contributed by atoms with Gasteiger partial charge in [-0.1, -0.05) is 30.0 Å². The van der Waals surface area contributed by atoms with Crippen LogP contribution in [-0.4, -0.2) is 43.6 Å². The van der Waals surface area contributed by atoms with Crippen molar-refractivity contribution >= 4 is 17.5 Å². The summed E-state index contributed by atoms with van der Waals surface area (Å²) in [6, 6.07) is 12.2. The van der Waals surface area contributed by atoms with Crippen molar-refractivity contribution in [2.75, 3.05) is 12.4 Å². The molecule has 1 atom stereocenters. The molecular formula is C24H28N4O2S. The maximum absolute atomic E-state index is 13.1. The number of ketones is 1. The standard InChI is InChI=1S/C24H28N4O2S/c1-16-13-21(17(2)27(16)14-20-9-6-12-30-20)22(29)15-31-24-26-25-23(18-10-11-18)28(24)19-7-4-3-5-8-19/h3-5,7-8,13,18,20H,6,9-12,14-15H2,1-2H3/t20-/m0/s1. The van der Waals surface area contributed by atoms with E-state index in [2.05, 4.69) is 38.4 Å². The molecule has 0 amide bonds. The second kappa shape index (κ2) is 8.63. The Morgan fingerprint density at radius 3 is 2.68 bits per heavy atom.